The summed E-state index contributed by atoms with van der Waals surface area (Å²) < 4.78 is 27.7. The predicted molar refractivity (Wildman–Crippen MR) is 86.9 cm³/mol. The van der Waals surface area contributed by atoms with E-state index >= 15 is 0 Å². The molecule has 1 fully saturated rings. The highest BCUT2D eigenvalue weighted by Gasteiger charge is 2.38. The van der Waals surface area contributed by atoms with E-state index in [0.717, 1.165) is 18.2 Å². The fourth-order valence-electron chi connectivity index (χ4n) is 3.37. The first-order valence-corrected chi connectivity index (χ1v) is 7.91. The van der Waals surface area contributed by atoms with Crippen molar-refractivity contribution in [2.45, 2.75) is 18.6 Å². The van der Waals surface area contributed by atoms with Crippen LogP contribution in [0, 0.1) is 11.6 Å². The lowest BCUT2D eigenvalue weighted by Gasteiger charge is -2.24. The zero-order valence-electron chi connectivity index (χ0n) is 13.1. The second kappa shape index (κ2) is 5.93. The van der Waals surface area contributed by atoms with Crippen molar-refractivity contribution in [1.82, 2.24) is 15.1 Å². The van der Waals surface area contributed by atoms with Crippen LogP contribution in [0.3, 0.4) is 0 Å². The van der Waals surface area contributed by atoms with Crippen LogP contribution >= 0.6 is 0 Å². The number of nitrogens with one attached hydrogen (secondary N) is 1. The fourth-order valence-corrected chi connectivity index (χ4v) is 3.37. The molecule has 128 valence electrons. The molecule has 0 bridgehead atoms. The molecular weight excluding hydrogens is 328 g/mol. The lowest BCUT2D eigenvalue weighted by atomic mass is 10.0. The van der Waals surface area contributed by atoms with Gasteiger partial charge in [-0.05, 0) is 30.7 Å². The number of carbonyl (C=O) groups is 1. The summed E-state index contributed by atoms with van der Waals surface area (Å²) in [5.41, 5.74) is 0.968. The van der Waals surface area contributed by atoms with Gasteiger partial charge < -0.3 is 10.0 Å². The van der Waals surface area contributed by atoms with E-state index in [1.807, 2.05) is 6.07 Å². The Morgan fingerprint density at radius 3 is 2.88 bits per heavy atom. The molecule has 0 unspecified atom stereocenters. The number of amides is 1. The van der Waals surface area contributed by atoms with Gasteiger partial charge in [-0.15, -0.1) is 0 Å². The van der Waals surface area contributed by atoms with Crippen LogP contribution in [0.4, 0.5) is 8.78 Å². The number of hydrogen-bond acceptors (Lipinski definition) is 3. The summed E-state index contributed by atoms with van der Waals surface area (Å²) in [7, 11) is 0. The summed E-state index contributed by atoms with van der Waals surface area (Å²) in [6.45, 7) is 0.0423. The topological polar surface area (TPSA) is 69.2 Å². The highest BCUT2D eigenvalue weighted by molar-refractivity contribution is 6.04. The van der Waals surface area contributed by atoms with Crippen molar-refractivity contribution in [3.8, 4) is 0 Å². The minimum absolute atomic E-state index is 0.0423. The Balaban J connectivity index is 1.74. The maximum absolute atomic E-state index is 14.2. The summed E-state index contributed by atoms with van der Waals surface area (Å²) in [5, 5.41) is 17.5. The Morgan fingerprint density at radius 1 is 1.24 bits per heavy atom. The van der Waals surface area contributed by atoms with Crippen molar-refractivity contribution in [3.05, 3.63) is 65.4 Å². The van der Waals surface area contributed by atoms with Gasteiger partial charge in [-0.25, -0.2) is 8.78 Å². The predicted octanol–water partition coefficient (Wildman–Crippen LogP) is 2.79. The Kier molecular flexibility index (Phi) is 3.73. The number of β-amino-alcohol motifs (C(OH)–C–C–N with tert-alkyl or cyclic N) is 1. The van der Waals surface area contributed by atoms with Gasteiger partial charge in [0, 0.05) is 17.5 Å². The van der Waals surface area contributed by atoms with Gasteiger partial charge in [-0.3, -0.25) is 9.89 Å². The average molecular weight is 343 g/mol. The molecule has 2 atom stereocenters. The number of rotatable bonds is 2. The van der Waals surface area contributed by atoms with E-state index in [9.17, 15) is 18.7 Å². The van der Waals surface area contributed by atoms with Crippen LogP contribution in [0.25, 0.3) is 10.9 Å². The monoisotopic (exact) mass is 343 g/mol. The van der Waals surface area contributed by atoms with E-state index in [0.29, 0.717) is 10.9 Å². The number of aromatic amines is 1. The molecule has 0 aliphatic carbocycles. The standard InChI is InChI=1S/C18H15F2N3O2/c19-10-5-6-14(20)13(7-10)16-8-11(24)9-23(16)18(25)17-12-3-1-2-4-15(12)21-22-17/h1-7,11,16,24H,8-9H2,(H,21,22)/t11-,16-/m1/s1. The lowest BCUT2D eigenvalue weighted by Crippen LogP contribution is -2.32. The van der Waals surface area contributed by atoms with Gasteiger partial charge in [0.05, 0.1) is 17.7 Å². The third kappa shape index (κ3) is 2.66. The van der Waals surface area contributed by atoms with Gasteiger partial charge in [-0.2, -0.15) is 5.10 Å². The van der Waals surface area contributed by atoms with Gasteiger partial charge in [-0.1, -0.05) is 18.2 Å². The Morgan fingerprint density at radius 2 is 2.04 bits per heavy atom. The maximum Gasteiger partial charge on any atom is 0.275 e. The minimum Gasteiger partial charge on any atom is -0.391 e. The second-order valence-electron chi connectivity index (χ2n) is 6.15. The number of hydrogen-bond donors (Lipinski definition) is 2. The first-order valence-electron chi connectivity index (χ1n) is 7.91. The number of aromatic nitrogens is 2. The van der Waals surface area contributed by atoms with Crippen LogP contribution in [0.2, 0.25) is 0 Å². The first kappa shape index (κ1) is 15.7. The number of aliphatic hydroxyl groups excluding tert-OH is 1. The molecule has 2 aromatic carbocycles. The van der Waals surface area contributed by atoms with E-state index < -0.39 is 29.7 Å². The molecule has 1 aliphatic rings. The van der Waals surface area contributed by atoms with Crippen molar-refractivity contribution in [2.75, 3.05) is 6.54 Å². The molecule has 1 amide bonds. The lowest BCUT2D eigenvalue weighted by molar-refractivity contribution is 0.0709. The summed E-state index contributed by atoms with van der Waals surface area (Å²) in [4.78, 5) is 14.3. The highest BCUT2D eigenvalue weighted by atomic mass is 19.1. The largest absolute Gasteiger partial charge is 0.391 e. The Bertz CT molecular complexity index is 956. The minimum atomic E-state index is -0.804. The quantitative estimate of drug-likeness (QED) is 0.752. The van der Waals surface area contributed by atoms with Gasteiger partial charge in [0.2, 0.25) is 0 Å². The van der Waals surface area contributed by atoms with Crippen LogP contribution in [0.15, 0.2) is 42.5 Å². The Hall–Kier alpha value is -2.80. The summed E-state index contributed by atoms with van der Waals surface area (Å²) in [5.74, 6) is -1.62. The molecule has 1 aromatic heterocycles. The normalized spacial score (nSPS) is 20.4. The molecule has 2 N–H and O–H groups in total. The highest BCUT2D eigenvalue weighted by Crippen LogP contribution is 2.35. The molecule has 1 saturated heterocycles. The summed E-state index contributed by atoms with van der Waals surface area (Å²) in [6, 6.07) is 9.54. The van der Waals surface area contributed by atoms with Crippen LogP contribution < -0.4 is 0 Å². The third-order valence-corrected chi connectivity index (χ3v) is 4.53. The van der Waals surface area contributed by atoms with E-state index in [-0.39, 0.29) is 24.2 Å². The molecule has 5 nitrogen and oxygen atoms in total. The van der Waals surface area contributed by atoms with Crippen LogP contribution in [-0.2, 0) is 0 Å². The number of aliphatic hydroxyl groups is 1. The molecule has 0 saturated carbocycles. The zero-order chi connectivity index (χ0) is 17.6. The molecule has 0 spiro atoms. The van der Waals surface area contributed by atoms with Crippen molar-refractivity contribution < 1.29 is 18.7 Å². The number of H-pyrrole nitrogens is 1. The molecule has 4 rings (SSSR count). The van der Waals surface area contributed by atoms with Gasteiger partial charge in [0.15, 0.2) is 5.69 Å². The van der Waals surface area contributed by atoms with Crippen LogP contribution in [0.1, 0.15) is 28.5 Å². The number of halogens is 2. The number of fused-ring (bicyclic) bond motifs is 1. The van der Waals surface area contributed by atoms with Crippen LogP contribution in [0.5, 0.6) is 0 Å². The van der Waals surface area contributed by atoms with Gasteiger partial charge >= 0.3 is 0 Å². The van der Waals surface area contributed by atoms with Gasteiger partial charge in [0.25, 0.3) is 5.91 Å². The fraction of sp³-hybridized carbons (Fsp3) is 0.222. The molecule has 0 radical (unpaired) electrons. The first-order chi connectivity index (χ1) is 12.0. The number of likely N-dealkylation sites (tertiary alicyclic amines) is 1. The molecule has 25 heavy (non-hydrogen) atoms. The van der Waals surface area contributed by atoms with E-state index in [1.54, 1.807) is 18.2 Å². The van der Waals surface area contributed by atoms with Crippen LogP contribution in [-0.4, -0.2) is 38.8 Å². The van der Waals surface area contributed by atoms with Gasteiger partial charge in [0.1, 0.15) is 11.6 Å². The number of para-hydroxylation sites is 1. The second-order valence-corrected chi connectivity index (χ2v) is 6.15. The molecule has 7 heteroatoms. The van der Waals surface area contributed by atoms with E-state index in [4.69, 9.17) is 0 Å². The average Bonchev–Trinajstić information content (AvgIpc) is 3.20. The maximum atomic E-state index is 14.2. The van der Waals surface area contributed by atoms with Crippen molar-refractivity contribution in [1.29, 1.82) is 0 Å². The molecule has 2 heterocycles. The van der Waals surface area contributed by atoms with Crippen molar-refractivity contribution in [3.63, 3.8) is 0 Å². The van der Waals surface area contributed by atoms with E-state index in [1.165, 1.54) is 4.90 Å². The number of nitrogens with zero attached hydrogens (tertiary/aromatic N) is 2. The third-order valence-electron chi connectivity index (χ3n) is 4.53. The molecular formula is C18H15F2N3O2. The van der Waals surface area contributed by atoms with Crippen molar-refractivity contribution >= 4 is 16.8 Å². The smallest absolute Gasteiger partial charge is 0.275 e. The number of carbonyl (C=O) groups excluding carboxylic acids is 1. The summed E-state index contributed by atoms with van der Waals surface area (Å²) in [6.07, 6.45) is -0.657. The van der Waals surface area contributed by atoms with E-state index in [2.05, 4.69) is 10.2 Å². The zero-order valence-corrected chi connectivity index (χ0v) is 13.1. The molecule has 1 aliphatic heterocycles. The molecule has 3 aromatic rings. The summed E-state index contributed by atoms with van der Waals surface area (Å²) >= 11 is 0. The van der Waals surface area contributed by atoms with Crippen molar-refractivity contribution in [2.24, 2.45) is 0 Å². The Labute approximate surface area is 141 Å². The number of benzene rings is 2. The SMILES string of the molecule is O=C(c1n[nH]c2ccccc12)N1C[C@H](O)C[C@@H]1c1cc(F)ccc1F.